The van der Waals surface area contributed by atoms with Gasteiger partial charge in [-0.15, -0.1) is 0 Å². The summed E-state index contributed by atoms with van der Waals surface area (Å²) >= 11 is 5.83. The van der Waals surface area contributed by atoms with Gasteiger partial charge in [-0.05, 0) is 60.7 Å². The van der Waals surface area contributed by atoms with Gasteiger partial charge in [0, 0.05) is 34.7 Å². The highest BCUT2D eigenvalue weighted by molar-refractivity contribution is 6.30. The van der Waals surface area contributed by atoms with Crippen molar-refractivity contribution in [2.45, 2.75) is 0 Å². The number of halogens is 1. The Kier molecular flexibility index (Phi) is 6.29. The van der Waals surface area contributed by atoms with Crippen molar-refractivity contribution in [2.75, 3.05) is 29.1 Å². The Morgan fingerprint density at radius 2 is 1.46 bits per heavy atom. The third-order valence-corrected chi connectivity index (χ3v) is 4.41. The zero-order chi connectivity index (χ0) is 19.9. The first-order valence-electron chi connectivity index (χ1n) is 8.75. The molecule has 0 bridgehead atoms. The molecule has 28 heavy (non-hydrogen) atoms. The minimum absolute atomic E-state index is 0.0989. The number of nitrogens with zero attached hydrogens (tertiary/aromatic N) is 1. The van der Waals surface area contributed by atoms with Crippen molar-refractivity contribution in [2.24, 2.45) is 0 Å². The van der Waals surface area contributed by atoms with Gasteiger partial charge >= 0.3 is 0 Å². The minimum Gasteiger partial charge on any atom is -0.376 e. The average Bonchev–Trinajstić information content (AvgIpc) is 2.74. The summed E-state index contributed by atoms with van der Waals surface area (Å²) < 4.78 is 0. The van der Waals surface area contributed by atoms with Crippen molar-refractivity contribution in [3.05, 3.63) is 89.4 Å². The summed E-state index contributed by atoms with van der Waals surface area (Å²) in [6.07, 6.45) is 0. The first kappa shape index (κ1) is 19.5. The van der Waals surface area contributed by atoms with Gasteiger partial charge in [0.1, 0.15) is 0 Å². The maximum atomic E-state index is 12.6. The summed E-state index contributed by atoms with van der Waals surface area (Å²) in [5.41, 5.74) is 2.84. The number of hydrogen-bond acceptors (Lipinski definition) is 3. The molecule has 0 heterocycles. The van der Waals surface area contributed by atoms with Crippen molar-refractivity contribution in [3.63, 3.8) is 0 Å². The van der Waals surface area contributed by atoms with Crippen molar-refractivity contribution >= 4 is 40.5 Å². The van der Waals surface area contributed by atoms with Crippen LogP contribution in [0.2, 0.25) is 5.02 Å². The molecular weight excluding hydrogens is 374 g/mol. The molecule has 3 aromatic rings. The smallest absolute Gasteiger partial charge is 0.258 e. The summed E-state index contributed by atoms with van der Waals surface area (Å²) in [5.74, 6) is -0.274. The van der Waals surface area contributed by atoms with Crippen molar-refractivity contribution in [1.82, 2.24) is 0 Å². The second kappa shape index (κ2) is 9.06. The standard InChI is InChI=1S/C22H20ClN3O2/c1-26(20-5-3-2-4-6-20)22(28)16-7-11-18(12-8-16)24-15-21(27)25-19-13-9-17(23)10-14-19/h2-14,24H,15H2,1H3,(H,25,27). The van der Waals surface area contributed by atoms with Crippen LogP contribution in [-0.2, 0) is 4.79 Å². The van der Waals surface area contributed by atoms with Gasteiger partial charge < -0.3 is 15.5 Å². The van der Waals surface area contributed by atoms with Crippen LogP contribution in [0.4, 0.5) is 17.1 Å². The molecule has 2 N–H and O–H groups in total. The van der Waals surface area contributed by atoms with Gasteiger partial charge in [0.05, 0.1) is 6.54 Å². The van der Waals surface area contributed by atoms with Gasteiger partial charge in [0.2, 0.25) is 5.91 Å². The van der Waals surface area contributed by atoms with E-state index in [1.54, 1.807) is 60.5 Å². The van der Waals surface area contributed by atoms with Gasteiger partial charge in [0.25, 0.3) is 5.91 Å². The number of amides is 2. The molecule has 6 heteroatoms. The number of hydrogen-bond donors (Lipinski definition) is 2. The van der Waals surface area contributed by atoms with Crippen molar-refractivity contribution < 1.29 is 9.59 Å². The molecule has 0 radical (unpaired) electrons. The SMILES string of the molecule is CN(C(=O)c1ccc(NCC(=O)Nc2ccc(Cl)cc2)cc1)c1ccccc1. The van der Waals surface area contributed by atoms with Gasteiger partial charge in [-0.25, -0.2) is 0 Å². The average molecular weight is 394 g/mol. The molecule has 3 rings (SSSR count). The monoisotopic (exact) mass is 393 g/mol. The maximum Gasteiger partial charge on any atom is 0.258 e. The van der Waals surface area contributed by atoms with Crippen LogP contribution in [0.25, 0.3) is 0 Å². The first-order valence-corrected chi connectivity index (χ1v) is 9.13. The number of anilines is 3. The lowest BCUT2D eigenvalue weighted by atomic mass is 10.1. The van der Waals surface area contributed by atoms with Crippen LogP contribution in [-0.4, -0.2) is 25.4 Å². The second-order valence-corrected chi connectivity index (χ2v) is 6.62. The van der Waals surface area contributed by atoms with E-state index < -0.39 is 0 Å². The number of rotatable bonds is 6. The maximum absolute atomic E-state index is 12.6. The molecule has 0 aromatic heterocycles. The molecule has 0 saturated heterocycles. The zero-order valence-corrected chi connectivity index (χ0v) is 16.1. The van der Waals surface area contributed by atoms with Crippen LogP contribution in [0.1, 0.15) is 10.4 Å². The first-order chi connectivity index (χ1) is 13.5. The topological polar surface area (TPSA) is 61.4 Å². The molecule has 5 nitrogen and oxygen atoms in total. The van der Waals surface area contributed by atoms with E-state index in [-0.39, 0.29) is 18.4 Å². The van der Waals surface area contributed by atoms with Crippen LogP contribution in [0.15, 0.2) is 78.9 Å². The number of para-hydroxylation sites is 1. The molecular formula is C22H20ClN3O2. The Bertz CT molecular complexity index is 942. The lowest BCUT2D eigenvalue weighted by Gasteiger charge is -2.17. The quantitative estimate of drug-likeness (QED) is 0.639. The fourth-order valence-corrected chi connectivity index (χ4v) is 2.74. The van der Waals surface area contributed by atoms with Crippen LogP contribution < -0.4 is 15.5 Å². The van der Waals surface area contributed by atoms with Crippen LogP contribution in [0.3, 0.4) is 0 Å². The number of carbonyl (C=O) groups excluding carboxylic acids is 2. The molecule has 142 valence electrons. The summed E-state index contributed by atoms with van der Waals surface area (Å²) in [7, 11) is 1.74. The predicted molar refractivity (Wildman–Crippen MR) is 114 cm³/mol. The van der Waals surface area contributed by atoms with E-state index in [1.165, 1.54) is 0 Å². The molecule has 0 unspecified atom stereocenters. The molecule has 0 saturated carbocycles. The molecule has 0 aliphatic rings. The molecule has 0 fully saturated rings. The van der Waals surface area contributed by atoms with E-state index in [0.29, 0.717) is 16.3 Å². The zero-order valence-electron chi connectivity index (χ0n) is 15.4. The van der Waals surface area contributed by atoms with Crippen LogP contribution in [0.5, 0.6) is 0 Å². The van der Waals surface area contributed by atoms with E-state index in [1.807, 2.05) is 30.3 Å². The number of benzene rings is 3. The van der Waals surface area contributed by atoms with Crippen molar-refractivity contribution in [3.8, 4) is 0 Å². The number of nitrogens with one attached hydrogen (secondary N) is 2. The Morgan fingerprint density at radius 3 is 2.11 bits per heavy atom. The van der Waals surface area contributed by atoms with Gasteiger partial charge in [-0.2, -0.15) is 0 Å². The summed E-state index contributed by atoms with van der Waals surface area (Å²) in [6, 6.07) is 23.4. The van der Waals surface area contributed by atoms with E-state index in [9.17, 15) is 9.59 Å². The fraction of sp³-hybridized carbons (Fsp3) is 0.0909. The van der Waals surface area contributed by atoms with Gasteiger partial charge in [0.15, 0.2) is 0 Å². The fourth-order valence-electron chi connectivity index (χ4n) is 2.61. The summed E-state index contributed by atoms with van der Waals surface area (Å²) in [4.78, 5) is 26.2. The minimum atomic E-state index is -0.175. The van der Waals surface area contributed by atoms with E-state index in [0.717, 1.165) is 11.4 Å². The largest absolute Gasteiger partial charge is 0.376 e. The predicted octanol–water partition coefficient (Wildman–Crippen LogP) is 4.67. The van der Waals surface area contributed by atoms with Crippen LogP contribution in [0, 0.1) is 0 Å². The Hall–Kier alpha value is -3.31. The van der Waals surface area contributed by atoms with Gasteiger partial charge in [-0.1, -0.05) is 29.8 Å². The molecule has 0 spiro atoms. The molecule has 0 atom stereocenters. The highest BCUT2D eigenvalue weighted by atomic mass is 35.5. The van der Waals surface area contributed by atoms with E-state index >= 15 is 0 Å². The normalized spacial score (nSPS) is 10.2. The molecule has 0 aliphatic heterocycles. The Morgan fingerprint density at radius 1 is 0.857 bits per heavy atom. The highest BCUT2D eigenvalue weighted by Gasteiger charge is 2.13. The molecule has 2 amide bonds. The van der Waals surface area contributed by atoms with Crippen LogP contribution >= 0.6 is 11.6 Å². The highest BCUT2D eigenvalue weighted by Crippen LogP contribution is 2.17. The Labute approximate surface area is 168 Å². The summed E-state index contributed by atoms with van der Waals surface area (Å²) in [5, 5.41) is 6.44. The summed E-state index contributed by atoms with van der Waals surface area (Å²) in [6.45, 7) is 0.111. The Balaban J connectivity index is 1.54. The molecule has 0 aliphatic carbocycles. The van der Waals surface area contributed by atoms with E-state index in [2.05, 4.69) is 10.6 Å². The lowest BCUT2D eigenvalue weighted by Crippen LogP contribution is -2.26. The van der Waals surface area contributed by atoms with Crippen molar-refractivity contribution in [1.29, 1.82) is 0 Å². The third-order valence-electron chi connectivity index (χ3n) is 4.16. The number of carbonyl (C=O) groups is 2. The van der Waals surface area contributed by atoms with Gasteiger partial charge in [-0.3, -0.25) is 9.59 Å². The second-order valence-electron chi connectivity index (χ2n) is 6.19. The lowest BCUT2D eigenvalue weighted by molar-refractivity contribution is -0.114. The third kappa shape index (κ3) is 5.11. The van der Waals surface area contributed by atoms with E-state index in [4.69, 9.17) is 11.6 Å². The molecule has 3 aromatic carbocycles.